The third kappa shape index (κ3) is 9.81. The fourth-order valence-electron chi connectivity index (χ4n) is 8.50. The lowest BCUT2D eigenvalue weighted by atomic mass is 9.91. The van der Waals surface area contributed by atoms with Crippen molar-refractivity contribution in [2.24, 2.45) is 5.41 Å². The second-order valence-corrected chi connectivity index (χ2v) is 16.8. The van der Waals surface area contributed by atoms with Gasteiger partial charge in [0.1, 0.15) is 54.5 Å². The number of carbonyl (C=O) groups excluding carboxylic acids is 7. The highest BCUT2D eigenvalue weighted by atomic mass is 19.1. The summed E-state index contributed by atoms with van der Waals surface area (Å²) in [7, 11) is 0. The zero-order valence-corrected chi connectivity index (χ0v) is 33.4. The number of fused-ring (bicyclic) bond motifs is 3. The number of benzene rings is 2. The van der Waals surface area contributed by atoms with Gasteiger partial charge in [-0.3, -0.25) is 28.8 Å². The van der Waals surface area contributed by atoms with Gasteiger partial charge in [-0.15, -0.1) is 0 Å². The van der Waals surface area contributed by atoms with Gasteiger partial charge in [0.25, 0.3) is 0 Å². The second kappa shape index (κ2) is 17.6. The van der Waals surface area contributed by atoms with Gasteiger partial charge in [-0.2, -0.15) is 0 Å². The number of rotatable bonds is 7. The average Bonchev–Trinajstić information content (AvgIpc) is 3.79. The number of hydrogen-bond acceptors (Lipinski definition) is 8. The van der Waals surface area contributed by atoms with Crippen molar-refractivity contribution in [3.63, 3.8) is 0 Å². The highest BCUT2D eigenvalue weighted by Gasteiger charge is 2.48. The molecule has 14 nitrogen and oxygen atoms in total. The van der Waals surface area contributed by atoms with Crippen LogP contribution in [0, 0.1) is 24.0 Å². The van der Waals surface area contributed by atoms with Gasteiger partial charge >= 0.3 is 5.97 Å². The molecule has 6 atom stereocenters. The summed E-state index contributed by atoms with van der Waals surface area (Å²) in [6.07, 6.45) is 2.11. The number of halogens is 2. The Morgan fingerprint density at radius 3 is 2.21 bits per heavy atom. The Kier molecular flexibility index (Phi) is 12.8. The van der Waals surface area contributed by atoms with Crippen molar-refractivity contribution in [2.45, 2.75) is 115 Å². The van der Waals surface area contributed by atoms with E-state index in [9.17, 15) is 42.3 Å². The van der Waals surface area contributed by atoms with Crippen LogP contribution in [0.2, 0.25) is 0 Å². The number of carbonyl (C=O) groups is 7. The lowest BCUT2D eigenvalue weighted by molar-refractivity contribution is -0.158. The van der Waals surface area contributed by atoms with Crippen molar-refractivity contribution in [2.75, 3.05) is 26.2 Å². The molecule has 312 valence electrons. The van der Waals surface area contributed by atoms with E-state index in [1.54, 1.807) is 12.1 Å². The average molecular weight is 807 g/mol. The molecule has 4 saturated heterocycles. The largest absolute Gasteiger partial charge is 0.461 e. The van der Waals surface area contributed by atoms with Gasteiger partial charge in [-0.25, -0.2) is 13.6 Å². The Morgan fingerprint density at radius 2 is 1.50 bits per heavy atom. The van der Waals surface area contributed by atoms with E-state index in [1.165, 1.54) is 21.6 Å². The molecule has 4 aliphatic rings. The summed E-state index contributed by atoms with van der Waals surface area (Å²) in [6, 6.07) is 2.90. The lowest BCUT2D eigenvalue weighted by Gasteiger charge is -2.39. The standard InChI is InChI=1S/C42H52F2N6O8/c1-24-10-12-26(13-11-24)19-35(51)46-30(18-27-16-28(43)20-29(44)17-27)36(52)47-31-22-58-41(57)34-21-42(3,4)23-50(34)38(54)25(2)45-37(53)32-8-5-6-14-48(32)40(56)33-9-7-15-49(33)39(31)55/h10-13,16-17,20,25,30-34H,5-9,14-15,18-19,21-23H2,1-4H3,(H,45,53)(H,46,51)(H,47,52)/t25-,30-,31-,32-,33-,34-/m0/s1. The van der Waals surface area contributed by atoms with Crippen molar-refractivity contribution >= 4 is 41.4 Å². The summed E-state index contributed by atoms with van der Waals surface area (Å²) in [5, 5.41) is 8.03. The van der Waals surface area contributed by atoms with Crippen LogP contribution in [0.4, 0.5) is 8.78 Å². The number of hydrogen-bond donors (Lipinski definition) is 3. The first-order chi connectivity index (χ1) is 27.5. The summed E-state index contributed by atoms with van der Waals surface area (Å²) in [5.41, 5.74) is 1.17. The van der Waals surface area contributed by atoms with Crippen LogP contribution in [0.15, 0.2) is 42.5 Å². The van der Waals surface area contributed by atoms with Crippen LogP contribution in [-0.4, -0.2) is 119 Å². The molecular weight excluding hydrogens is 754 g/mol. The molecule has 3 N–H and O–H groups in total. The van der Waals surface area contributed by atoms with E-state index < -0.39 is 101 Å². The molecule has 0 unspecified atom stereocenters. The number of nitrogens with zero attached hydrogens (tertiary/aromatic N) is 3. The number of cyclic esters (lactones) is 1. The molecule has 0 spiro atoms. The molecular formula is C42H52F2N6O8. The molecule has 2 aromatic rings. The summed E-state index contributed by atoms with van der Waals surface area (Å²) >= 11 is 0. The summed E-state index contributed by atoms with van der Waals surface area (Å²) in [6.45, 7) is 7.09. The van der Waals surface area contributed by atoms with Gasteiger partial charge in [-0.1, -0.05) is 43.7 Å². The minimum Gasteiger partial charge on any atom is -0.461 e. The Labute approximate surface area is 336 Å². The molecule has 4 heterocycles. The Hall–Kier alpha value is -5.41. The summed E-state index contributed by atoms with van der Waals surface area (Å²) in [4.78, 5) is 102. The fraction of sp³-hybridized carbons (Fsp3) is 0.548. The predicted molar refractivity (Wildman–Crippen MR) is 205 cm³/mol. The van der Waals surface area contributed by atoms with Crippen molar-refractivity contribution in [3.05, 3.63) is 70.8 Å². The lowest BCUT2D eigenvalue weighted by Crippen LogP contribution is -2.62. The molecule has 4 aliphatic heterocycles. The van der Waals surface area contributed by atoms with Gasteiger partial charge < -0.3 is 35.4 Å². The Bertz CT molecular complexity index is 1920. The third-order valence-corrected chi connectivity index (χ3v) is 11.4. The van der Waals surface area contributed by atoms with Crippen LogP contribution in [0.3, 0.4) is 0 Å². The minimum atomic E-state index is -1.57. The molecule has 6 amide bonds. The van der Waals surface area contributed by atoms with E-state index in [1.807, 2.05) is 32.9 Å². The molecule has 0 aromatic heterocycles. The van der Waals surface area contributed by atoms with Gasteiger partial charge in [0.15, 0.2) is 0 Å². The summed E-state index contributed by atoms with van der Waals surface area (Å²) < 4.78 is 34.3. The maximum Gasteiger partial charge on any atom is 0.328 e. The van der Waals surface area contributed by atoms with Crippen LogP contribution in [-0.2, 0) is 51.1 Å². The molecule has 0 bridgehead atoms. The maximum atomic E-state index is 14.5. The van der Waals surface area contributed by atoms with Crippen LogP contribution in [0.1, 0.15) is 76.0 Å². The van der Waals surface area contributed by atoms with Crippen LogP contribution >= 0.6 is 0 Å². The molecule has 0 aliphatic carbocycles. The van der Waals surface area contributed by atoms with Crippen LogP contribution in [0.25, 0.3) is 0 Å². The Balaban J connectivity index is 1.32. The van der Waals surface area contributed by atoms with Crippen molar-refractivity contribution in [1.82, 2.24) is 30.7 Å². The van der Waals surface area contributed by atoms with Gasteiger partial charge in [0.2, 0.25) is 35.4 Å². The molecule has 2 aromatic carbocycles. The minimum absolute atomic E-state index is 0.0530. The molecule has 16 heteroatoms. The van der Waals surface area contributed by atoms with Crippen molar-refractivity contribution in [1.29, 1.82) is 0 Å². The number of amides is 6. The predicted octanol–water partition coefficient (Wildman–Crippen LogP) is 2.09. The van der Waals surface area contributed by atoms with E-state index in [2.05, 4.69) is 16.0 Å². The second-order valence-electron chi connectivity index (χ2n) is 16.8. The third-order valence-electron chi connectivity index (χ3n) is 11.4. The number of nitrogens with one attached hydrogen (secondary N) is 3. The first kappa shape index (κ1) is 42.2. The van der Waals surface area contributed by atoms with Crippen LogP contribution in [0.5, 0.6) is 0 Å². The first-order valence-electron chi connectivity index (χ1n) is 20.0. The van der Waals surface area contributed by atoms with Crippen LogP contribution < -0.4 is 16.0 Å². The normalized spacial score (nSPS) is 25.9. The maximum absolute atomic E-state index is 14.5. The van der Waals surface area contributed by atoms with Gasteiger partial charge in [0.05, 0.1) is 6.42 Å². The smallest absolute Gasteiger partial charge is 0.328 e. The van der Waals surface area contributed by atoms with Crippen molar-refractivity contribution in [3.8, 4) is 0 Å². The quantitative estimate of drug-likeness (QED) is 0.357. The van der Waals surface area contributed by atoms with Gasteiger partial charge in [-0.05, 0) is 81.0 Å². The number of aryl methyl sites for hydroxylation is 1. The van der Waals surface area contributed by atoms with Crippen molar-refractivity contribution < 1.29 is 47.1 Å². The molecule has 6 rings (SSSR count). The molecule has 58 heavy (non-hydrogen) atoms. The van der Waals surface area contributed by atoms with E-state index in [0.29, 0.717) is 37.3 Å². The number of ether oxygens (including phenoxy) is 1. The van der Waals surface area contributed by atoms with Gasteiger partial charge in [0, 0.05) is 32.1 Å². The van der Waals surface area contributed by atoms with E-state index in [0.717, 1.165) is 17.7 Å². The number of esters is 1. The monoisotopic (exact) mass is 806 g/mol. The zero-order valence-electron chi connectivity index (χ0n) is 33.4. The molecule has 4 fully saturated rings. The van der Waals surface area contributed by atoms with E-state index in [4.69, 9.17) is 4.74 Å². The first-order valence-corrected chi connectivity index (χ1v) is 20.0. The fourth-order valence-corrected chi connectivity index (χ4v) is 8.50. The molecule has 0 radical (unpaired) electrons. The van der Waals surface area contributed by atoms with E-state index >= 15 is 0 Å². The topological polar surface area (TPSA) is 175 Å². The molecule has 0 saturated carbocycles. The Morgan fingerprint density at radius 1 is 0.845 bits per heavy atom. The highest BCUT2D eigenvalue weighted by molar-refractivity contribution is 5.98. The number of piperidine rings is 1. The highest BCUT2D eigenvalue weighted by Crippen LogP contribution is 2.35. The SMILES string of the molecule is Cc1ccc(CC(=O)N[C@@H](Cc2cc(F)cc(F)c2)C(=O)N[C@H]2COC(=O)[C@@H]3CC(C)(C)CN3C(=O)[C@H](C)NC(=O)[C@@H]3CCCCN3C(=O)[C@@H]3CCCN3C2=O)cc1. The zero-order chi connectivity index (χ0) is 41.9. The van der Waals surface area contributed by atoms with E-state index in [-0.39, 0.29) is 50.9 Å². The summed E-state index contributed by atoms with van der Waals surface area (Å²) in [5.74, 6) is -6.31.